The van der Waals surface area contributed by atoms with Crippen LogP contribution in [0.2, 0.25) is 0 Å². The minimum absolute atomic E-state index is 0.0463. The van der Waals surface area contributed by atoms with Gasteiger partial charge in [-0.15, -0.1) is 0 Å². The third-order valence-electron chi connectivity index (χ3n) is 5.25. The number of likely N-dealkylation sites (N-methyl/N-ethyl adjacent to an activating group) is 1. The summed E-state index contributed by atoms with van der Waals surface area (Å²) in [4.78, 5) is 30.9. The maximum Gasteiger partial charge on any atom is 0.321 e. The van der Waals surface area contributed by atoms with E-state index >= 15 is 0 Å². The zero-order valence-corrected chi connectivity index (χ0v) is 15.0. The zero-order chi connectivity index (χ0) is 17.6. The molecule has 136 valence electrons. The lowest BCUT2D eigenvalue weighted by atomic mass is 9.93. The number of hydrogen-bond donors (Lipinski definition) is 1. The molecule has 0 unspecified atom stereocenters. The largest absolute Gasteiger partial charge is 0.340 e. The van der Waals surface area contributed by atoms with Gasteiger partial charge in [0.25, 0.3) is 0 Å². The number of amides is 3. The first-order chi connectivity index (χ1) is 12.1. The number of benzene rings is 1. The van der Waals surface area contributed by atoms with Crippen molar-refractivity contribution in [2.75, 3.05) is 51.6 Å². The third kappa shape index (κ3) is 4.95. The molecule has 0 atom stereocenters. The Balaban J connectivity index is 1.41. The standard InChI is InChI=1S/C19H28N4O2/c1-21-11-13-22(14-12-21)18(24)15-16-7-9-23(10-8-16)19(25)20-17-5-3-2-4-6-17/h2-6,16H,7-15H2,1H3,(H,20,25). The third-order valence-corrected chi connectivity index (χ3v) is 5.25. The number of nitrogens with zero attached hydrogens (tertiary/aromatic N) is 3. The molecular formula is C19H28N4O2. The maximum absolute atomic E-state index is 12.4. The Morgan fingerprint density at radius 2 is 1.60 bits per heavy atom. The van der Waals surface area contributed by atoms with E-state index in [1.54, 1.807) is 0 Å². The summed E-state index contributed by atoms with van der Waals surface area (Å²) in [6.45, 7) is 5.05. The van der Waals surface area contributed by atoms with Crippen LogP contribution in [0.4, 0.5) is 10.5 Å². The summed E-state index contributed by atoms with van der Waals surface area (Å²) in [5.41, 5.74) is 0.819. The summed E-state index contributed by atoms with van der Waals surface area (Å²) in [6, 6.07) is 9.48. The van der Waals surface area contributed by atoms with Gasteiger partial charge >= 0.3 is 6.03 Å². The van der Waals surface area contributed by atoms with Crippen molar-refractivity contribution in [2.24, 2.45) is 5.92 Å². The van der Waals surface area contributed by atoms with Crippen LogP contribution >= 0.6 is 0 Å². The molecule has 25 heavy (non-hydrogen) atoms. The molecule has 2 aliphatic rings. The highest BCUT2D eigenvalue weighted by molar-refractivity contribution is 5.89. The highest BCUT2D eigenvalue weighted by Gasteiger charge is 2.27. The number of carbonyl (C=O) groups excluding carboxylic acids is 2. The number of nitrogens with one attached hydrogen (secondary N) is 1. The van der Waals surface area contributed by atoms with Crippen LogP contribution in [0.15, 0.2) is 30.3 Å². The van der Waals surface area contributed by atoms with E-state index < -0.39 is 0 Å². The van der Waals surface area contributed by atoms with Crippen LogP contribution in [0.25, 0.3) is 0 Å². The second-order valence-electron chi connectivity index (χ2n) is 7.11. The maximum atomic E-state index is 12.4. The summed E-state index contributed by atoms with van der Waals surface area (Å²) >= 11 is 0. The van der Waals surface area contributed by atoms with E-state index in [0.717, 1.165) is 57.8 Å². The molecule has 0 radical (unpaired) electrons. The van der Waals surface area contributed by atoms with Crippen LogP contribution in [0.5, 0.6) is 0 Å². The van der Waals surface area contributed by atoms with E-state index in [1.807, 2.05) is 40.1 Å². The molecule has 2 saturated heterocycles. The highest BCUT2D eigenvalue weighted by atomic mass is 16.2. The van der Waals surface area contributed by atoms with Crippen LogP contribution in [0, 0.1) is 5.92 Å². The van der Waals surface area contributed by atoms with Gasteiger partial charge in [-0.05, 0) is 37.9 Å². The summed E-state index contributed by atoms with van der Waals surface area (Å²) < 4.78 is 0. The smallest absolute Gasteiger partial charge is 0.321 e. The predicted octanol–water partition coefficient (Wildman–Crippen LogP) is 2.09. The number of para-hydroxylation sites is 1. The molecule has 1 N–H and O–H groups in total. The van der Waals surface area contributed by atoms with Crippen molar-refractivity contribution < 1.29 is 9.59 Å². The molecule has 1 aromatic carbocycles. The summed E-state index contributed by atoms with van der Waals surface area (Å²) in [5.74, 6) is 0.674. The van der Waals surface area contributed by atoms with Gasteiger partial charge < -0.3 is 20.0 Å². The Kier molecular flexibility index (Phi) is 5.91. The number of anilines is 1. The van der Waals surface area contributed by atoms with E-state index in [9.17, 15) is 9.59 Å². The number of rotatable bonds is 3. The number of carbonyl (C=O) groups is 2. The Hall–Kier alpha value is -2.08. The first-order valence-electron chi connectivity index (χ1n) is 9.19. The van der Waals surface area contributed by atoms with Crippen molar-refractivity contribution in [2.45, 2.75) is 19.3 Å². The fourth-order valence-electron chi connectivity index (χ4n) is 3.50. The molecule has 6 nitrogen and oxygen atoms in total. The molecule has 1 aromatic rings. The monoisotopic (exact) mass is 344 g/mol. The van der Waals surface area contributed by atoms with Gasteiger partial charge in [-0.2, -0.15) is 0 Å². The van der Waals surface area contributed by atoms with Crippen LogP contribution in [-0.4, -0.2) is 73.0 Å². The van der Waals surface area contributed by atoms with Gasteiger partial charge in [0, 0.05) is 51.4 Å². The first kappa shape index (κ1) is 17.7. The van der Waals surface area contributed by atoms with Crippen molar-refractivity contribution in [3.63, 3.8) is 0 Å². The second-order valence-corrected chi connectivity index (χ2v) is 7.11. The number of hydrogen-bond acceptors (Lipinski definition) is 3. The molecule has 6 heteroatoms. The Bertz CT molecular complexity index is 576. The Labute approximate surface area is 149 Å². The van der Waals surface area contributed by atoms with Crippen LogP contribution in [-0.2, 0) is 4.79 Å². The molecule has 2 aliphatic heterocycles. The van der Waals surface area contributed by atoms with E-state index in [0.29, 0.717) is 12.3 Å². The topological polar surface area (TPSA) is 55.9 Å². The minimum Gasteiger partial charge on any atom is -0.340 e. The number of urea groups is 1. The van der Waals surface area contributed by atoms with Gasteiger partial charge in [-0.1, -0.05) is 18.2 Å². The van der Waals surface area contributed by atoms with Crippen LogP contribution < -0.4 is 5.32 Å². The molecule has 2 heterocycles. The molecule has 0 aromatic heterocycles. The van der Waals surface area contributed by atoms with Gasteiger partial charge in [0.05, 0.1) is 0 Å². The molecule has 2 fully saturated rings. The second kappa shape index (κ2) is 8.34. The molecule has 0 aliphatic carbocycles. The lowest BCUT2D eigenvalue weighted by Crippen LogP contribution is -2.48. The predicted molar refractivity (Wildman–Crippen MR) is 98.5 cm³/mol. The van der Waals surface area contributed by atoms with Crippen molar-refractivity contribution in [1.29, 1.82) is 0 Å². The molecule has 0 bridgehead atoms. The molecule has 0 spiro atoms. The SMILES string of the molecule is CN1CCN(C(=O)CC2CCN(C(=O)Nc3ccccc3)CC2)CC1. The highest BCUT2D eigenvalue weighted by Crippen LogP contribution is 2.22. The lowest BCUT2D eigenvalue weighted by molar-refractivity contribution is -0.134. The van der Waals surface area contributed by atoms with Crippen molar-refractivity contribution in [1.82, 2.24) is 14.7 Å². The summed E-state index contributed by atoms with van der Waals surface area (Å²) in [5, 5.41) is 2.93. The van der Waals surface area contributed by atoms with Gasteiger partial charge in [0.1, 0.15) is 0 Å². The van der Waals surface area contributed by atoms with Gasteiger partial charge in [0.2, 0.25) is 5.91 Å². The lowest BCUT2D eigenvalue weighted by Gasteiger charge is -2.35. The minimum atomic E-state index is -0.0463. The first-order valence-corrected chi connectivity index (χ1v) is 9.19. The van der Waals surface area contributed by atoms with E-state index in [2.05, 4.69) is 17.3 Å². The number of likely N-dealkylation sites (tertiary alicyclic amines) is 1. The van der Waals surface area contributed by atoms with Crippen LogP contribution in [0.3, 0.4) is 0 Å². The Morgan fingerprint density at radius 1 is 0.960 bits per heavy atom. The normalized spacial score (nSPS) is 19.7. The number of piperidine rings is 1. The summed E-state index contributed by atoms with van der Waals surface area (Å²) in [7, 11) is 2.10. The fraction of sp³-hybridized carbons (Fsp3) is 0.579. The Morgan fingerprint density at radius 3 is 2.24 bits per heavy atom. The van der Waals surface area contributed by atoms with Gasteiger partial charge in [-0.25, -0.2) is 4.79 Å². The quantitative estimate of drug-likeness (QED) is 0.913. The average Bonchev–Trinajstić information content (AvgIpc) is 2.63. The molecule has 3 rings (SSSR count). The fourth-order valence-corrected chi connectivity index (χ4v) is 3.50. The molecule has 3 amide bonds. The molecule has 0 saturated carbocycles. The molecular weight excluding hydrogens is 316 g/mol. The van der Waals surface area contributed by atoms with Crippen LogP contribution in [0.1, 0.15) is 19.3 Å². The van der Waals surface area contributed by atoms with Crippen molar-refractivity contribution >= 4 is 17.6 Å². The summed E-state index contributed by atoms with van der Waals surface area (Å²) in [6.07, 6.45) is 2.43. The zero-order valence-electron chi connectivity index (χ0n) is 15.0. The van der Waals surface area contributed by atoms with Crippen molar-refractivity contribution in [3.05, 3.63) is 30.3 Å². The van der Waals surface area contributed by atoms with Crippen molar-refractivity contribution in [3.8, 4) is 0 Å². The average molecular weight is 344 g/mol. The van der Waals surface area contributed by atoms with E-state index in [-0.39, 0.29) is 11.9 Å². The number of piperazine rings is 1. The van der Waals surface area contributed by atoms with E-state index in [4.69, 9.17) is 0 Å². The van der Waals surface area contributed by atoms with Gasteiger partial charge in [0.15, 0.2) is 0 Å². The van der Waals surface area contributed by atoms with Gasteiger partial charge in [-0.3, -0.25) is 4.79 Å². The van der Waals surface area contributed by atoms with E-state index in [1.165, 1.54) is 0 Å².